The maximum absolute atomic E-state index is 9.88. The number of hydrogen-bond donors (Lipinski definition) is 0. The summed E-state index contributed by atoms with van der Waals surface area (Å²) in [4.78, 5) is 9.24. The van der Waals surface area contributed by atoms with Gasteiger partial charge in [-0.1, -0.05) is 0 Å². The van der Waals surface area contributed by atoms with Crippen molar-refractivity contribution in [3.8, 4) is 0 Å². The molecular weight excluding hydrogens is 126 g/mol. The first kappa shape index (κ1) is 8.32. The minimum atomic E-state index is -1.31. The highest BCUT2D eigenvalue weighted by Crippen LogP contribution is 1.91. The number of nitrogens with zero attached hydrogens (tertiary/aromatic N) is 1. The van der Waals surface area contributed by atoms with Crippen LogP contribution in [0.4, 0.5) is 0 Å². The van der Waals surface area contributed by atoms with E-state index in [0.717, 1.165) is 0 Å². The van der Waals surface area contributed by atoms with Crippen LogP contribution in [0, 0.1) is 10.1 Å². The molecule has 0 N–H and O–H groups in total. The van der Waals surface area contributed by atoms with Crippen LogP contribution in [0.5, 0.6) is 0 Å². The molecule has 0 aliphatic heterocycles. The molecule has 0 spiro atoms. The lowest BCUT2D eigenvalue weighted by Gasteiger charge is -2.04. The molecule has 0 aromatic carbocycles. The second-order valence-corrected chi connectivity index (χ2v) is 1.28. The third kappa shape index (κ3) is 2.99. The van der Waals surface area contributed by atoms with E-state index in [1.54, 1.807) is 6.92 Å². The summed E-state index contributed by atoms with van der Waals surface area (Å²) >= 11 is 0. The summed E-state index contributed by atoms with van der Waals surface area (Å²) < 4.78 is 8.86. The minimum absolute atomic E-state index is 0.277. The van der Waals surface area contributed by atoms with E-state index in [4.69, 9.17) is 0 Å². The molecule has 5 heteroatoms. The molecule has 0 bridgehead atoms. The number of nitro groups is 1. The average Bonchev–Trinajstić information content (AvgIpc) is 1.82. The predicted molar refractivity (Wildman–Crippen MR) is 29.4 cm³/mol. The van der Waals surface area contributed by atoms with Crippen molar-refractivity contribution < 1.29 is 14.4 Å². The van der Waals surface area contributed by atoms with Gasteiger partial charge in [0.15, 0.2) is 0 Å². The summed E-state index contributed by atoms with van der Waals surface area (Å²) in [5.41, 5.74) is 0. The van der Waals surface area contributed by atoms with E-state index in [1.807, 2.05) is 0 Å². The third-order valence-electron chi connectivity index (χ3n) is 0.683. The van der Waals surface area contributed by atoms with E-state index in [9.17, 15) is 10.1 Å². The van der Waals surface area contributed by atoms with Crippen molar-refractivity contribution >= 4 is 0 Å². The van der Waals surface area contributed by atoms with Crippen LogP contribution in [0.3, 0.4) is 0 Å². The van der Waals surface area contributed by atoms with Crippen LogP contribution in [-0.2, 0) is 9.47 Å². The molecule has 0 radical (unpaired) electrons. The van der Waals surface area contributed by atoms with Gasteiger partial charge in [-0.2, -0.15) is 0 Å². The van der Waals surface area contributed by atoms with E-state index in [0.29, 0.717) is 0 Å². The smallest absolute Gasteiger partial charge is 0.297 e. The average molecular weight is 135 g/mol. The zero-order valence-electron chi connectivity index (χ0n) is 5.36. The fraction of sp³-hybridized carbons (Fsp3) is 1.00. The first-order chi connectivity index (χ1) is 4.22. The Hall–Kier alpha value is -0.680. The number of hydrogen-bond acceptors (Lipinski definition) is 4. The molecule has 0 amide bonds. The van der Waals surface area contributed by atoms with Crippen molar-refractivity contribution in [2.75, 3.05) is 13.7 Å². The molecule has 54 valence electrons. The molecule has 0 fully saturated rings. The van der Waals surface area contributed by atoms with Gasteiger partial charge in [0.2, 0.25) is 0 Å². The van der Waals surface area contributed by atoms with Crippen LogP contribution in [-0.4, -0.2) is 25.1 Å². The molecule has 0 saturated heterocycles. The van der Waals surface area contributed by atoms with Gasteiger partial charge in [-0.3, -0.25) is 19.6 Å². The molecular formula is C4H9NO4. The molecule has 0 aliphatic rings. The quantitative estimate of drug-likeness (QED) is 0.314. The van der Waals surface area contributed by atoms with E-state index in [1.165, 1.54) is 7.11 Å². The molecule has 0 rings (SSSR count). The van der Waals surface area contributed by atoms with Gasteiger partial charge in [-0.15, -0.1) is 0 Å². The normalized spacial score (nSPS) is 13.1. The van der Waals surface area contributed by atoms with E-state index < -0.39 is 11.3 Å². The Bertz CT molecular complexity index is 94.6. The van der Waals surface area contributed by atoms with Crippen LogP contribution in [0.15, 0.2) is 0 Å². The standard InChI is InChI=1S/C4H9NO4/c1-3-9-4(8-2)5(6)7/h4H,3H2,1-2H3. The highest BCUT2D eigenvalue weighted by atomic mass is 16.8. The third-order valence-corrected chi connectivity index (χ3v) is 0.683. The van der Waals surface area contributed by atoms with Crippen LogP contribution in [0.2, 0.25) is 0 Å². The fourth-order valence-corrected chi connectivity index (χ4v) is 0.358. The summed E-state index contributed by atoms with van der Waals surface area (Å²) in [5.74, 6) is 0. The van der Waals surface area contributed by atoms with Crippen LogP contribution in [0.1, 0.15) is 6.92 Å². The van der Waals surface area contributed by atoms with Gasteiger partial charge in [0.1, 0.15) is 0 Å². The number of ether oxygens (including phenoxy) is 2. The topological polar surface area (TPSA) is 61.6 Å². The largest absolute Gasteiger partial charge is 0.432 e. The van der Waals surface area contributed by atoms with Crippen molar-refractivity contribution in [2.45, 2.75) is 13.3 Å². The van der Waals surface area contributed by atoms with Gasteiger partial charge in [0, 0.05) is 7.11 Å². The predicted octanol–water partition coefficient (Wildman–Crippen LogP) is 0.230. The van der Waals surface area contributed by atoms with Crippen molar-refractivity contribution in [3.05, 3.63) is 10.1 Å². The molecule has 5 nitrogen and oxygen atoms in total. The zero-order valence-corrected chi connectivity index (χ0v) is 5.36. The van der Waals surface area contributed by atoms with Crippen LogP contribution < -0.4 is 0 Å². The number of rotatable bonds is 4. The van der Waals surface area contributed by atoms with Gasteiger partial charge in [0.05, 0.1) is 11.5 Å². The molecule has 0 heterocycles. The van der Waals surface area contributed by atoms with Crippen molar-refractivity contribution in [3.63, 3.8) is 0 Å². The molecule has 1 atom stereocenters. The Morgan fingerprint density at radius 3 is 2.44 bits per heavy atom. The second kappa shape index (κ2) is 4.22. The number of methoxy groups -OCH3 is 1. The summed E-state index contributed by atoms with van der Waals surface area (Å²) in [6.07, 6.45) is -1.31. The SMILES string of the molecule is CCOC(OC)[N+](=O)[O-]. The van der Waals surface area contributed by atoms with Gasteiger partial charge < -0.3 is 0 Å². The summed E-state index contributed by atoms with van der Waals surface area (Å²) in [5, 5.41) is 9.88. The van der Waals surface area contributed by atoms with E-state index in [2.05, 4.69) is 9.47 Å². The monoisotopic (exact) mass is 135 g/mol. The summed E-state index contributed by atoms with van der Waals surface area (Å²) in [7, 11) is 1.23. The van der Waals surface area contributed by atoms with Crippen LogP contribution >= 0.6 is 0 Å². The minimum Gasteiger partial charge on any atom is -0.297 e. The Labute approximate surface area is 52.7 Å². The highest BCUT2D eigenvalue weighted by molar-refractivity contribution is 4.18. The lowest BCUT2D eigenvalue weighted by molar-refractivity contribution is -0.630. The van der Waals surface area contributed by atoms with Crippen molar-refractivity contribution in [1.82, 2.24) is 0 Å². The fourth-order valence-electron chi connectivity index (χ4n) is 0.358. The molecule has 0 aliphatic carbocycles. The van der Waals surface area contributed by atoms with Crippen molar-refractivity contribution in [1.29, 1.82) is 0 Å². The van der Waals surface area contributed by atoms with Gasteiger partial charge in [0.25, 0.3) is 0 Å². The van der Waals surface area contributed by atoms with E-state index >= 15 is 0 Å². The van der Waals surface area contributed by atoms with Gasteiger partial charge >= 0.3 is 6.41 Å². The Morgan fingerprint density at radius 1 is 1.78 bits per heavy atom. The molecule has 9 heavy (non-hydrogen) atoms. The lowest BCUT2D eigenvalue weighted by atomic mass is 10.9. The maximum Gasteiger partial charge on any atom is 0.432 e. The molecule has 0 saturated carbocycles. The van der Waals surface area contributed by atoms with E-state index in [-0.39, 0.29) is 6.61 Å². The molecule has 1 unspecified atom stereocenters. The van der Waals surface area contributed by atoms with Gasteiger partial charge in [-0.05, 0) is 6.92 Å². The summed E-state index contributed by atoms with van der Waals surface area (Å²) in [6.45, 7) is 1.94. The Morgan fingerprint density at radius 2 is 2.33 bits per heavy atom. The maximum atomic E-state index is 9.88. The van der Waals surface area contributed by atoms with Gasteiger partial charge in [-0.25, -0.2) is 0 Å². The Kier molecular flexibility index (Phi) is 3.90. The first-order valence-electron chi connectivity index (χ1n) is 2.50. The Balaban J connectivity index is 3.54. The highest BCUT2D eigenvalue weighted by Gasteiger charge is 2.16. The summed E-state index contributed by atoms with van der Waals surface area (Å²) in [6, 6.07) is 0. The van der Waals surface area contributed by atoms with Crippen LogP contribution in [0.25, 0.3) is 0 Å². The first-order valence-corrected chi connectivity index (χ1v) is 2.50. The lowest BCUT2D eigenvalue weighted by Crippen LogP contribution is -2.24. The molecule has 0 aromatic rings. The van der Waals surface area contributed by atoms with Crippen molar-refractivity contribution in [2.24, 2.45) is 0 Å². The molecule has 0 aromatic heterocycles. The second-order valence-electron chi connectivity index (χ2n) is 1.28. The zero-order chi connectivity index (χ0) is 7.28.